The van der Waals surface area contributed by atoms with Crippen molar-refractivity contribution in [1.29, 1.82) is 0 Å². The lowest BCUT2D eigenvalue weighted by Crippen LogP contribution is -2.31. The molecule has 4 rings (SSSR count). The minimum absolute atomic E-state index is 0.110. The van der Waals surface area contributed by atoms with Gasteiger partial charge >= 0.3 is 6.61 Å². The van der Waals surface area contributed by atoms with Crippen LogP contribution < -0.4 is 20.1 Å². The Kier molecular flexibility index (Phi) is 6.40. The molecule has 0 saturated heterocycles. The molecule has 0 fully saturated rings. The van der Waals surface area contributed by atoms with Crippen molar-refractivity contribution in [2.75, 3.05) is 17.2 Å². The van der Waals surface area contributed by atoms with E-state index < -0.39 is 18.6 Å². The number of halogens is 3. The Morgan fingerprint density at radius 3 is 2.70 bits per heavy atom. The lowest BCUT2D eigenvalue weighted by Gasteiger charge is -2.28. The smallest absolute Gasteiger partial charge is 0.387 e. The molecule has 33 heavy (non-hydrogen) atoms. The van der Waals surface area contributed by atoms with Gasteiger partial charge < -0.3 is 20.1 Å². The number of alkyl halides is 2. The molecule has 1 aromatic heterocycles. The monoisotopic (exact) mass is 476 g/mol. The predicted molar refractivity (Wildman–Crippen MR) is 117 cm³/mol. The molecule has 172 valence electrons. The highest BCUT2D eigenvalue weighted by molar-refractivity contribution is 6.30. The van der Waals surface area contributed by atoms with E-state index >= 15 is 0 Å². The molecule has 1 amide bonds. The van der Waals surface area contributed by atoms with Crippen molar-refractivity contribution >= 4 is 29.1 Å². The van der Waals surface area contributed by atoms with Crippen LogP contribution in [-0.4, -0.2) is 39.3 Å². The molecule has 0 saturated carbocycles. The van der Waals surface area contributed by atoms with Crippen LogP contribution >= 0.6 is 11.6 Å². The summed E-state index contributed by atoms with van der Waals surface area (Å²) in [6.45, 7) is 0.657. The third-order valence-corrected chi connectivity index (χ3v) is 5.11. The second kappa shape index (κ2) is 9.41. The maximum Gasteiger partial charge on any atom is 0.387 e. The van der Waals surface area contributed by atoms with Gasteiger partial charge in [0, 0.05) is 16.4 Å². The topological polar surface area (TPSA) is 103 Å². The van der Waals surface area contributed by atoms with Crippen molar-refractivity contribution in [3.05, 3.63) is 64.3 Å². The van der Waals surface area contributed by atoms with E-state index in [-0.39, 0.29) is 18.1 Å². The highest BCUT2D eigenvalue weighted by atomic mass is 35.5. The van der Waals surface area contributed by atoms with Crippen molar-refractivity contribution in [3.63, 3.8) is 0 Å². The zero-order chi connectivity index (χ0) is 23.5. The van der Waals surface area contributed by atoms with Crippen LogP contribution in [0, 0.1) is 0 Å². The van der Waals surface area contributed by atoms with Crippen LogP contribution in [0.3, 0.4) is 0 Å². The Balaban J connectivity index is 1.76. The van der Waals surface area contributed by atoms with Crippen LogP contribution in [0.4, 0.5) is 20.4 Å². The quantitative estimate of drug-likeness (QED) is 0.525. The zero-order valence-electron chi connectivity index (χ0n) is 17.6. The van der Waals surface area contributed by atoms with Gasteiger partial charge in [0.05, 0.1) is 12.2 Å². The summed E-state index contributed by atoms with van der Waals surface area (Å²) in [7, 11) is 0. The van der Waals surface area contributed by atoms with E-state index in [1.54, 1.807) is 44.2 Å². The molecule has 0 radical (unpaired) electrons. The number of carbonyl (C=O) groups excluding carboxylic acids is 1. The number of fused-ring (bicyclic) bond motifs is 1. The van der Waals surface area contributed by atoms with E-state index in [0.29, 0.717) is 33.5 Å². The van der Waals surface area contributed by atoms with Crippen LogP contribution in [-0.2, 0) is 4.79 Å². The molecule has 2 aromatic carbocycles. The summed E-state index contributed by atoms with van der Waals surface area (Å²) in [5, 5.41) is 18.0. The van der Waals surface area contributed by atoms with Crippen LogP contribution in [0.1, 0.15) is 25.5 Å². The number of ether oxygens (including phenoxy) is 2. The fourth-order valence-electron chi connectivity index (χ4n) is 3.50. The molecule has 1 aliphatic heterocycles. The molecule has 9 nitrogen and oxygen atoms in total. The fourth-order valence-corrected chi connectivity index (χ4v) is 3.63. The third-order valence-electron chi connectivity index (χ3n) is 4.86. The number of anilines is 2. The number of nitrogens with one attached hydrogen (secondary N) is 2. The minimum atomic E-state index is -3.01. The van der Waals surface area contributed by atoms with Gasteiger partial charge in [-0.1, -0.05) is 22.8 Å². The van der Waals surface area contributed by atoms with Crippen molar-refractivity contribution in [2.45, 2.75) is 26.5 Å². The van der Waals surface area contributed by atoms with Gasteiger partial charge in [-0.05, 0) is 66.2 Å². The molecule has 0 spiro atoms. The molecule has 1 atom stereocenters. The summed E-state index contributed by atoms with van der Waals surface area (Å²) in [5.74, 6) is -0.0846. The van der Waals surface area contributed by atoms with Gasteiger partial charge in [0.1, 0.15) is 6.04 Å². The first-order valence-electron chi connectivity index (χ1n) is 9.91. The van der Waals surface area contributed by atoms with Crippen molar-refractivity contribution in [1.82, 2.24) is 20.2 Å². The molecule has 2 heterocycles. The van der Waals surface area contributed by atoms with Crippen LogP contribution in [0.5, 0.6) is 11.5 Å². The molecule has 2 N–H and O–H groups in total. The maximum absolute atomic E-state index is 13.3. The highest BCUT2D eigenvalue weighted by Gasteiger charge is 2.34. The fraction of sp³-hybridized carbons (Fsp3) is 0.238. The second-order valence-electron chi connectivity index (χ2n) is 6.99. The average Bonchev–Trinajstić information content (AvgIpc) is 3.23. The summed E-state index contributed by atoms with van der Waals surface area (Å²) in [5.41, 5.74) is 1.94. The molecule has 1 aliphatic rings. The first-order chi connectivity index (χ1) is 15.9. The third kappa shape index (κ3) is 4.72. The minimum Gasteiger partial charge on any atom is -0.490 e. The van der Waals surface area contributed by atoms with Gasteiger partial charge in [0.25, 0.3) is 5.91 Å². The molecular formula is C21H19ClF2N6O3. The number of tetrazole rings is 1. The van der Waals surface area contributed by atoms with Gasteiger partial charge in [0.15, 0.2) is 11.5 Å². The summed E-state index contributed by atoms with van der Waals surface area (Å²) in [6, 6.07) is 10.4. The van der Waals surface area contributed by atoms with Crippen LogP contribution in [0.2, 0.25) is 5.02 Å². The van der Waals surface area contributed by atoms with Crippen LogP contribution in [0.15, 0.2) is 53.7 Å². The Morgan fingerprint density at radius 2 is 2.00 bits per heavy atom. The number of carbonyl (C=O) groups is 1. The number of hydrogen-bond donors (Lipinski definition) is 2. The Hall–Kier alpha value is -3.73. The largest absolute Gasteiger partial charge is 0.490 e. The summed E-state index contributed by atoms with van der Waals surface area (Å²) >= 11 is 5.93. The number of nitrogens with zero attached hydrogens (tertiary/aromatic N) is 4. The van der Waals surface area contributed by atoms with Crippen LogP contribution in [0.25, 0.3) is 0 Å². The van der Waals surface area contributed by atoms with E-state index in [9.17, 15) is 13.6 Å². The molecular weight excluding hydrogens is 458 g/mol. The van der Waals surface area contributed by atoms with Crippen molar-refractivity contribution in [3.8, 4) is 11.5 Å². The highest BCUT2D eigenvalue weighted by Crippen LogP contribution is 2.39. The second-order valence-corrected chi connectivity index (χ2v) is 7.43. The number of benzene rings is 2. The Morgan fingerprint density at radius 1 is 1.24 bits per heavy atom. The Bertz CT molecular complexity index is 1200. The lowest BCUT2D eigenvalue weighted by atomic mass is 9.94. The van der Waals surface area contributed by atoms with E-state index in [1.807, 2.05) is 0 Å². The summed E-state index contributed by atoms with van der Waals surface area (Å²) in [6.07, 6.45) is 0. The lowest BCUT2D eigenvalue weighted by molar-refractivity contribution is -0.113. The van der Waals surface area contributed by atoms with Gasteiger partial charge in [-0.15, -0.1) is 0 Å². The standard InChI is InChI=1S/C21H19ClF2N6O3/c1-3-32-16-10-12(4-9-15(16)33-20(23)24)18-17(11(2)25-21-27-28-29-30(18)21)19(31)26-14-7-5-13(22)6-8-14/h4-10,18,20H,3H2,1-2H3,(H,26,31)(H,25,27,29)/t18-/m1/s1. The number of allylic oxidation sites excluding steroid dienone is 1. The number of hydrogen-bond acceptors (Lipinski definition) is 7. The molecule has 3 aromatic rings. The average molecular weight is 477 g/mol. The van der Waals surface area contributed by atoms with Gasteiger partial charge in [-0.3, -0.25) is 4.79 Å². The summed E-state index contributed by atoms with van der Waals surface area (Å²) in [4.78, 5) is 13.3. The van der Waals surface area contributed by atoms with Crippen molar-refractivity contribution < 1.29 is 23.0 Å². The number of rotatable bonds is 7. The van der Waals surface area contributed by atoms with E-state index in [1.165, 1.54) is 16.8 Å². The predicted octanol–water partition coefficient (Wildman–Crippen LogP) is 4.25. The van der Waals surface area contributed by atoms with E-state index in [4.69, 9.17) is 16.3 Å². The van der Waals surface area contributed by atoms with Gasteiger partial charge in [-0.25, -0.2) is 0 Å². The molecule has 12 heteroatoms. The summed E-state index contributed by atoms with van der Waals surface area (Å²) < 4.78 is 37.1. The number of amides is 1. The van der Waals surface area contributed by atoms with Crippen molar-refractivity contribution in [2.24, 2.45) is 0 Å². The van der Waals surface area contributed by atoms with E-state index in [2.05, 4.69) is 30.9 Å². The van der Waals surface area contributed by atoms with E-state index in [0.717, 1.165) is 0 Å². The number of aromatic nitrogens is 4. The SMILES string of the molecule is CCOc1cc([C@@H]2C(C(=O)Nc3ccc(Cl)cc3)=C(C)Nc3nnnn32)ccc1OC(F)F. The zero-order valence-corrected chi connectivity index (χ0v) is 18.3. The molecule has 0 unspecified atom stereocenters. The first-order valence-corrected chi connectivity index (χ1v) is 10.3. The molecule has 0 bridgehead atoms. The maximum atomic E-state index is 13.3. The first kappa shape index (κ1) is 22.5. The molecule has 0 aliphatic carbocycles. The van der Waals surface area contributed by atoms with Gasteiger partial charge in [-0.2, -0.15) is 13.5 Å². The van der Waals surface area contributed by atoms with Gasteiger partial charge in [0.2, 0.25) is 5.95 Å². The Labute approximate surface area is 192 Å². The normalized spacial score (nSPS) is 15.2.